The van der Waals surface area contributed by atoms with Crippen LogP contribution in [0.4, 0.5) is 0 Å². The van der Waals surface area contributed by atoms with Crippen molar-refractivity contribution < 1.29 is 8.42 Å². The molecule has 3 rings (SSSR count). The van der Waals surface area contributed by atoms with Crippen LogP contribution in [0.1, 0.15) is 35.6 Å². The molecule has 2 aromatic carbocycles. The molecule has 5 heteroatoms. The fourth-order valence-corrected chi connectivity index (χ4v) is 4.88. The van der Waals surface area contributed by atoms with Crippen molar-refractivity contribution in [3.8, 4) is 0 Å². The summed E-state index contributed by atoms with van der Waals surface area (Å²) in [5.74, 6) is 0. The van der Waals surface area contributed by atoms with Crippen LogP contribution in [0.2, 0.25) is 5.02 Å². The van der Waals surface area contributed by atoms with Crippen LogP contribution in [0, 0.1) is 13.8 Å². The van der Waals surface area contributed by atoms with E-state index in [9.17, 15) is 8.42 Å². The van der Waals surface area contributed by atoms with Crippen molar-refractivity contribution in [1.29, 1.82) is 0 Å². The number of sulfonamides is 1. The molecule has 0 bridgehead atoms. The van der Waals surface area contributed by atoms with Gasteiger partial charge in [0.2, 0.25) is 10.0 Å². The number of benzene rings is 2. The molecule has 0 amide bonds. The first kappa shape index (κ1) is 16.5. The topological polar surface area (TPSA) is 37.4 Å². The van der Waals surface area contributed by atoms with Crippen LogP contribution in [-0.4, -0.2) is 19.3 Å². The van der Waals surface area contributed by atoms with Crippen LogP contribution in [0.3, 0.4) is 0 Å². The maximum Gasteiger partial charge on any atom is 0.243 e. The van der Waals surface area contributed by atoms with Crippen molar-refractivity contribution in [2.45, 2.75) is 37.6 Å². The van der Waals surface area contributed by atoms with Crippen LogP contribution >= 0.6 is 11.6 Å². The Morgan fingerprint density at radius 3 is 2.43 bits per heavy atom. The summed E-state index contributed by atoms with van der Waals surface area (Å²) in [5, 5.41) is 0.708. The number of nitrogens with zero attached hydrogens (tertiary/aromatic N) is 1. The molecule has 1 aliphatic rings. The smallest absolute Gasteiger partial charge is 0.207 e. The summed E-state index contributed by atoms with van der Waals surface area (Å²) in [4.78, 5) is 0.362. The summed E-state index contributed by atoms with van der Waals surface area (Å²) < 4.78 is 27.6. The summed E-state index contributed by atoms with van der Waals surface area (Å²) in [6.45, 7) is 4.45. The fraction of sp³-hybridized carbons (Fsp3) is 0.333. The van der Waals surface area contributed by atoms with E-state index in [0.29, 0.717) is 16.5 Å². The van der Waals surface area contributed by atoms with Crippen molar-refractivity contribution in [2.75, 3.05) is 6.54 Å². The fourth-order valence-electron chi connectivity index (χ4n) is 3.08. The Morgan fingerprint density at radius 1 is 1.09 bits per heavy atom. The van der Waals surface area contributed by atoms with E-state index in [4.69, 9.17) is 11.6 Å². The highest BCUT2D eigenvalue weighted by molar-refractivity contribution is 7.89. The van der Waals surface area contributed by atoms with E-state index in [1.54, 1.807) is 16.4 Å². The van der Waals surface area contributed by atoms with Gasteiger partial charge in [0.15, 0.2) is 0 Å². The molecule has 2 aromatic rings. The Morgan fingerprint density at radius 2 is 1.78 bits per heavy atom. The van der Waals surface area contributed by atoms with Gasteiger partial charge in [0.1, 0.15) is 0 Å². The van der Waals surface area contributed by atoms with Gasteiger partial charge in [-0.2, -0.15) is 4.31 Å². The van der Waals surface area contributed by atoms with Crippen LogP contribution in [0.15, 0.2) is 47.4 Å². The summed E-state index contributed by atoms with van der Waals surface area (Å²) in [6, 6.07) is 12.7. The highest BCUT2D eigenvalue weighted by Gasteiger charge is 2.36. The highest BCUT2D eigenvalue weighted by atomic mass is 35.5. The standard InChI is InChI=1S/C18H20ClNO2S/c1-13-5-8-16(9-6-13)23(21,22)20-11-3-4-18(20)15-7-10-17(19)14(2)12-15/h5-10,12,18H,3-4,11H2,1-2H3/t18-/m0/s1. The molecule has 0 saturated carbocycles. The zero-order valence-corrected chi connectivity index (χ0v) is 14.9. The van der Waals surface area contributed by atoms with Crippen LogP contribution in [-0.2, 0) is 10.0 Å². The minimum Gasteiger partial charge on any atom is -0.207 e. The molecular weight excluding hydrogens is 330 g/mol. The number of hydrogen-bond donors (Lipinski definition) is 0. The van der Waals surface area contributed by atoms with Gasteiger partial charge in [-0.25, -0.2) is 8.42 Å². The van der Waals surface area contributed by atoms with Crippen LogP contribution in [0.25, 0.3) is 0 Å². The maximum absolute atomic E-state index is 13.0. The van der Waals surface area contributed by atoms with Crippen LogP contribution in [0.5, 0.6) is 0 Å². The zero-order valence-electron chi connectivity index (χ0n) is 13.3. The maximum atomic E-state index is 13.0. The van der Waals surface area contributed by atoms with Crippen molar-refractivity contribution in [2.24, 2.45) is 0 Å². The molecule has 122 valence electrons. The van der Waals surface area contributed by atoms with Gasteiger partial charge in [-0.05, 0) is 56.0 Å². The molecule has 1 fully saturated rings. The van der Waals surface area contributed by atoms with Gasteiger partial charge < -0.3 is 0 Å². The molecule has 23 heavy (non-hydrogen) atoms. The average Bonchev–Trinajstić information content (AvgIpc) is 3.01. The first-order chi connectivity index (χ1) is 10.9. The molecule has 1 saturated heterocycles. The van der Waals surface area contributed by atoms with Crippen molar-refractivity contribution in [1.82, 2.24) is 4.31 Å². The predicted octanol–water partition coefficient (Wildman–Crippen LogP) is 4.48. The minimum atomic E-state index is -3.48. The first-order valence-electron chi connectivity index (χ1n) is 7.74. The molecule has 3 nitrogen and oxygen atoms in total. The van der Waals surface area contributed by atoms with E-state index in [1.165, 1.54) is 0 Å². The largest absolute Gasteiger partial charge is 0.243 e. The van der Waals surface area contributed by atoms with Gasteiger partial charge >= 0.3 is 0 Å². The predicted molar refractivity (Wildman–Crippen MR) is 93.2 cm³/mol. The first-order valence-corrected chi connectivity index (χ1v) is 9.56. The van der Waals surface area contributed by atoms with Crippen molar-refractivity contribution in [3.63, 3.8) is 0 Å². The third kappa shape index (κ3) is 3.16. The van der Waals surface area contributed by atoms with Crippen LogP contribution < -0.4 is 0 Å². The minimum absolute atomic E-state index is 0.114. The lowest BCUT2D eigenvalue weighted by atomic mass is 10.0. The Balaban J connectivity index is 1.97. The Hall–Kier alpha value is -1.36. The van der Waals surface area contributed by atoms with E-state index in [0.717, 1.165) is 29.5 Å². The molecule has 1 atom stereocenters. The molecular formula is C18H20ClNO2S. The number of halogens is 1. The summed E-state index contributed by atoms with van der Waals surface area (Å²) >= 11 is 6.09. The lowest BCUT2D eigenvalue weighted by Gasteiger charge is -2.25. The second-order valence-electron chi connectivity index (χ2n) is 6.10. The molecule has 1 heterocycles. The van der Waals surface area contributed by atoms with Crippen molar-refractivity contribution >= 4 is 21.6 Å². The molecule has 0 spiro atoms. The molecule has 0 radical (unpaired) electrons. The number of hydrogen-bond acceptors (Lipinski definition) is 2. The molecule has 1 aliphatic heterocycles. The number of rotatable bonds is 3. The zero-order chi connectivity index (χ0) is 16.6. The van der Waals surface area contributed by atoms with Gasteiger partial charge in [0.05, 0.1) is 10.9 Å². The normalized spacial score (nSPS) is 19.2. The third-order valence-corrected chi connectivity index (χ3v) is 6.74. The molecule has 0 unspecified atom stereocenters. The van der Waals surface area contributed by atoms with Gasteiger partial charge in [-0.15, -0.1) is 0 Å². The average molecular weight is 350 g/mol. The SMILES string of the molecule is Cc1ccc(S(=O)(=O)N2CCC[C@H]2c2ccc(Cl)c(C)c2)cc1. The lowest BCUT2D eigenvalue weighted by molar-refractivity contribution is 0.396. The number of aryl methyl sites for hydroxylation is 2. The summed E-state index contributed by atoms with van der Waals surface area (Å²) in [6.07, 6.45) is 1.71. The quantitative estimate of drug-likeness (QED) is 0.819. The molecule has 0 aliphatic carbocycles. The van der Waals surface area contributed by atoms with E-state index in [-0.39, 0.29) is 6.04 Å². The van der Waals surface area contributed by atoms with Gasteiger partial charge in [-0.1, -0.05) is 41.4 Å². The van der Waals surface area contributed by atoms with E-state index >= 15 is 0 Å². The highest BCUT2D eigenvalue weighted by Crippen LogP contribution is 2.37. The molecule has 0 N–H and O–H groups in total. The second-order valence-corrected chi connectivity index (χ2v) is 8.39. The molecule has 0 aromatic heterocycles. The third-order valence-electron chi connectivity index (χ3n) is 4.40. The van der Waals surface area contributed by atoms with Crippen molar-refractivity contribution in [3.05, 3.63) is 64.2 Å². The Kier molecular flexibility index (Phi) is 4.50. The van der Waals surface area contributed by atoms with Gasteiger partial charge in [0, 0.05) is 11.6 Å². The van der Waals surface area contributed by atoms with Gasteiger partial charge in [-0.3, -0.25) is 0 Å². The lowest BCUT2D eigenvalue weighted by Crippen LogP contribution is -2.30. The Bertz CT molecular complexity index is 815. The summed E-state index contributed by atoms with van der Waals surface area (Å²) in [7, 11) is -3.48. The van der Waals surface area contributed by atoms with E-state index < -0.39 is 10.0 Å². The van der Waals surface area contributed by atoms with Gasteiger partial charge in [0.25, 0.3) is 0 Å². The second kappa shape index (κ2) is 6.27. The van der Waals surface area contributed by atoms with E-state index in [1.807, 2.05) is 44.2 Å². The Labute approximate surface area is 142 Å². The summed E-state index contributed by atoms with van der Waals surface area (Å²) in [5.41, 5.74) is 3.04. The monoisotopic (exact) mass is 349 g/mol. The van der Waals surface area contributed by atoms with E-state index in [2.05, 4.69) is 0 Å².